The van der Waals surface area contributed by atoms with Crippen LogP contribution in [0, 0.1) is 76.6 Å². The summed E-state index contributed by atoms with van der Waals surface area (Å²) in [4.78, 5) is 41.2. The largest absolute Gasteiger partial charge is 5.00 e. The average Bonchev–Trinajstić information content (AvgIpc) is 1.94. The second kappa shape index (κ2) is 49.7. The summed E-state index contributed by atoms with van der Waals surface area (Å²) in [5, 5.41) is 73.8. The monoisotopic (exact) mass is 591 g/mol. The van der Waals surface area contributed by atoms with Gasteiger partial charge >= 0.3 is 63.3 Å². The van der Waals surface area contributed by atoms with E-state index in [0.29, 0.717) is 0 Å². The molecule has 0 radical (unpaired) electrons. The molecule has 0 aliphatic heterocycles. The van der Waals surface area contributed by atoms with Crippen LogP contribution in [-0.2, 0) is 68.8 Å². The van der Waals surface area contributed by atoms with Gasteiger partial charge in [-0.3, -0.25) is 0 Å². The molecule has 0 N–H and O–H groups in total. The van der Waals surface area contributed by atoms with Crippen molar-refractivity contribution in [3.8, 4) is 0 Å². The molecule has 0 aliphatic rings. The molecule has 0 aliphatic carbocycles. The van der Waals surface area contributed by atoms with E-state index in [9.17, 15) is 0 Å². The van der Waals surface area contributed by atoms with E-state index in [4.69, 9.17) is 76.6 Å². The number of rotatable bonds is 0. The van der Waals surface area contributed by atoms with Crippen LogP contribution < -0.4 is 0 Å². The third kappa shape index (κ3) is 1860. The summed E-state index contributed by atoms with van der Waals surface area (Å²) >= 11 is 0. The summed E-state index contributed by atoms with van der Waals surface area (Å²) in [5.41, 5.74) is 0. The zero-order valence-corrected chi connectivity index (χ0v) is 14.2. The Hall–Kier alpha value is -1.98. The van der Waals surface area contributed by atoms with Crippen LogP contribution in [0.25, 0.3) is 0 Å². The van der Waals surface area contributed by atoms with Gasteiger partial charge in [0.05, 0.1) is 25.4 Å². The fourth-order valence-corrected chi connectivity index (χ4v) is 0. The molecule has 0 unspecified atom stereocenters. The molecule has 21 nitrogen and oxygen atoms in total. The van der Waals surface area contributed by atoms with Crippen LogP contribution in [0.5, 0.6) is 0 Å². The minimum absolute atomic E-state index is 0. The van der Waals surface area contributed by atoms with Gasteiger partial charge in [-0.15, -0.1) is 0 Å². The Kier molecular flexibility index (Phi) is 119. The first-order valence-corrected chi connectivity index (χ1v) is 2.74. The van der Waals surface area contributed by atoms with Gasteiger partial charge in [0.15, 0.2) is 0 Å². The van der Waals surface area contributed by atoms with E-state index in [1.807, 2.05) is 0 Å². The van der Waals surface area contributed by atoms with Gasteiger partial charge in [-0.05, 0) is 0 Å². The fraction of sp³-hybridized carbons (Fsp3) is 0. The molecule has 0 heterocycles. The van der Waals surface area contributed by atoms with Gasteiger partial charge in [-0.25, -0.2) is 0 Å². The SMILES string of the molecule is O=[N+]([O-])[O-].O=[N+]([O-])[O-].O=[N+]([O-])[O-].O=[N+]([O-])[O-].O=[N+]([O-])[O-].[Ag+].[Ag+].[O-2].[V+5]. The normalized spacial score (nSPS) is 5.00. The first-order chi connectivity index (χ1) is 8.66. The van der Waals surface area contributed by atoms with Gasteiger partial charge in [0, 0.05) is 0 Å². The van der Waals surface area contributed by atoms with Crippen LogP contribution >= 0.6 is 0 Å². The van der Waals surface area contributed by atoms with Crippen molar-refractivity contribution in [3.63, 3.8) is 0 Å². The second-order valence-corrected chi connectivity index (χ2v) is 1.12. The Morgan fingerprint density at radius 2 is 0.375 bits per heavy atom. The second-order valence-electron chi connectivity index (χ2n) is 1.12. The molecule has 148 valence electrons. The topological polar surface area (TPSA) is 359 Å². The molecular weight excluding hydrogens is 593 g/mol. The van der Waals surface area contributed by atoms with Gasteiger partial charge in [-0.2, -0.15) is 0 Å². The minimum atomic E-state index is -1.75. The molecule has 0 bridgehead atoms. The van der Waals surface area contributed by atoms with Gasteiger partial charge in [0.1, 0.15) is 0 Å². The van der Waals surface area contributed by atoms with Crippen molar-refractivity contribution in [2.45, 2.75) is 0 Å². The van der Waals surface area contributed by atoms with Gasteiger partial charge in [-0.1, -0.05) is 0 Å². The zero-order valence-electron chi connectivity index (χ0n) is 9.82. The van der Waals surface area contributed by atoms with Crippen molar-refractivity contribution in [1.29, 1.82) is 0 Å². The number of hydrogen-bond acceptors (Lipinski definition) is 15. The van der Waals surface area contributed by atoms with E-state index in [1.54, 1.807) is 0 Å². The Morgan fingerprint density at radius 3 is 0.375 bits per heavy atom. The molecule has 0 saturated carbocycles. The molecule has 0 spiro atoms. The van der Waals surface area contributed by atoms with Crippen LogP contribution in [0.1, 0.15) is 0 Å². The van der Waals surface area contributed by atoms with Crippen LogP contribution in [0.15, 0.2) is 0 Å². The number of nitrogens with zero attached hydrogens (tertiary/aromatic N) is 5. The Morgan fingerprint density at radius 1 is 0.375 bits per heavy atom. The first-order valence-electron chi connectivity index (χ1n) is 2.74. The molecule has 0 aromatic carbocycles. The molecule has 24 heavy (non-hydrogen) atoms. The Labute approximate surface area is 170 Å². The van der Waals surface area contributed by atoms with Crippen molar-refractivity contribution in [2.75, 3.05) is 0 Å². The Balaban J connectivity index is -0.0000000161. The molecule has 0 rings (SSSR count). The quantitative estimate of drug-likeness (QED) is 0.179. The van der Waals surface area contributed by atoms with E-state index in [-0.39, 0.29) is 68.8 Å². The molecular formula is Ag2N5O16V. The van der Waals surface area contributed by atoms with Gasteiger partial charge < -0.3 is 82.1 Å². The first kappa shape index (κ1) is 57.4. The fourth-order valence-electron chi connectivity index (χ4n) is 0. The molecule has 0 saturated heterocycles. The van der Waals surface area contributed by atoms with Crippen LogP contribution in [0.2, 0.25) is 0 Å². The summed E-state index contributed by atoms with van der Waals surface area (Å²) in [5.74, 6) is 0. The molecule has 0 amide bonds. The van der Waals surface area contributed by atoms with Gasteiger partial charge in [0.2, 0.25) is 0 Å². The predicted molar refractivity (Wildman–Crippen MR) is 52.5 cm³/mol. The van der Waals surface area contributed by atoms with Crippen LogP contribution in [0.3, 0.4) is 0 Å². The minimum Gasteiger partial charge on any atom is -2.00 e. The van der Waals surface area contributed by atoms with Crippen molar-refractivity contribution in [2.24, 2.45) is 0 Å². The van der Waals surface area contributed by atoms with Crippen LogP contribution in [0.4, 0.5) is 0 Å². The summed E-state index contributed by atoms with van der Waals surface area (Å²) in [7, 11) is 0. The van der Waals surface area contributed by atoms with Crippen molar-refractivity contribution >= 4 is 0 Å². The van der Waals surface area contributed by atoms with E-state index in [2.05, 4.69) is 0 Å². The smallest absolute Gasteiger partial charge is 2.00 e. The van der Waals surface area contributed by atoms with E-state index >= 15 is 0 Å². The number of hydrogen-bond donors (Lipinski definition) is 0. The molecule has 24 heteroatoms. The van der Waals surface area contributed by atoms with Crippen LogP contribution in [-0.4, -0.2) is 25.4 Å². The summed E-state index contributed by atoms with van der Waals surface area (Å²) in [6.45, 7) is 0. The van der Waals surface area contributed by atoms with E-state index in [1.165, 1.54) is 0 Å². The summed E-state index contributed by atoms with van der Waals surface area (Å²) in [6.07, 6.45) is 0. The Bertz CT molecular complexity index is 217. The third-order valence-electron chi connectivity index (χ3n) is 0. The average molecular weight is 593 g/mol. The van der Waals surface area contributed by atoms with E-state index < -0.39 is 25.4 Å². The predicted octanol–water partition coefficient (Wildman–Crippen LogP) is -1.32. The third-order valence-corrected chi connectivity index (χ3v) is 0. The van der Waals surface area contributed by atoms with Crippen molar-refractivity contribution in [1.82, 2.24) is 0 Å². The molecule has 0 aromatic rings. The van der Waals surface area contributed by atoms with Crippen molar-refractivity contribution < 1.29 is 94.2 Å². The zero-order chi connectivity index (χ0) is 17.9. The maximum Gasteiger partial charge on any atom is 5.00 e. The molecule has 0 aromatic heterocycles. The summed E-state index contributed by atoms with van der Waals surface area (Å²) in [6, 6.07) is 0. The van der Waals surface area contributed by atoms with E-state index in [0.717, 1.165) is 0 Å². The van der Waals surface area contributed by atoms with Crippen molar-refractivity contribution in [3.05, 3.63) is 76.6 Å². The maximum atomic E-state index is 8.25. The maximum absolute atomic E-state index is 8.25. The standard InChI is InChI=1S/2Ag.5NO3.O.V/c;;5*2-1(3)4;;/q2*+1;5*-1;-2;+5. The molecule has 0 atom stereocenters. The summed E-state index contributed by atoms with van der Waals surface area (Å²) < 4.78 is 0. The molecule has 0 fully saturated rings. The van der Waals surface area contributed by atoms with Gasteiger partial charge in [0.25, 0.3) is 0 Å².